The topological polar surface area (TPSA) is 60.2 Å². The van der Waals surface area contributed by atoms with Gasteiger partial charge in [-0.05, 0) is 30.2 Å². The maximum atomic E-state index is 13.1. The van der Waals surface area contributed by atoms with Gasteiger partial charge in [0.1, 0.15) is 0 Å². The van der Waals surface area contributed by atoms with Gasteiger partial charge in [-0.15, -0.1) is 0 Å². The Morgan fingerprint density at radius 1 is 1.09 bits per heavy atom. The summed E-state index contributed by atoms with van der Waals surface area (Å²) < 4.78 is 26.3. The van der Waals surface area contributed by atoms with E-state index in [1.165, 1.54) is 6.08 Å². The highest BCUT2D eigenvalue weighted by atomic mass is 32.2. The zero-order valence-electron chi connectivity index (χ0n) is 12.5. The van der Waals surface area contributed by atoms with E-state index in [1.54, 1.807) is 54.6 Å². The smallest absolute Gasteiger partial charge is 0.205 e. The SMILES string of the molecule is C=CC(=C)C(N)(c1ccccc1)S(=O)(=O)c1ccc(C)cc1. The molecular formula is C18H19NO2S. The monoisotopic (exact) mass is 313 g/mol. The van der Waals surface area contributed by atoms with Crippen molar-refractivity contribution >= 4 is 9.84 Å². The van der Waals surface area contributed by atoms with Gasteiger partial charge >= 0.3 is 0 Å². The Bertz CT molecular complexity index is 793. The molecule has 0 heterocycles. The van der Waals surface area contributed by atoms with E-state index in [0.29, 0.717) is 5.56 Å². The van der Waals surface area contributed by atoms with E-state index in [2.05, 4.69) is 13.2 Å². The van der Waals surface area contributed by atoms with Gasteiger partial charge in [-0.3, -0.25) is 0 Å². The Kier molecular flexibility index (Phi) is 4.35. The predicted octanol–water partition coefficient (Wildman–Crippen LogP) is 3.32. The van der Waals surface area contributed by atoms with E-state index in [0.717, 1.165) is 5.56 Å². The minimum atomic E-state index is -3.87. The first kappa shape index (κ1) is 16.2. The number of benzene rings is 2. The molecule has 3 nitrogen and oxygen atoms in total. The Balaban J connectivity index is 2.72. The van der Waals surface area contributed by atoms with Gasteiger partial charge in [0, 0.05) is 0 Å². The van der Waals surface area contributed by atoms with Gasteiger partial charge in [0.2, 0.25) is 9.84 Å². The minimum absolute atomic E-state index is 0.160. The number of aryl methyl sites for hydroxylation is 1. The van der Waals surface area contributed by atoms with Crippen molar-refractivity contribution in [1.29, 1.82) is 0 Å². The second-order valence-electron chi connectivity index (χ2n) is 5.15. The Hall–Kier alpha value is -2.17. The highest BCUT2D eigenvalue weighted by Crippen LogP contribution is 2.36. The molecule has 0 saturated heterocycles. The van der Waals surface area contributed by atoms with Gasteiger partial charge in [0.15, 0.2) is 4.87 Å². The fourth-order valence-corrected chi connectivity index (χ4v) is 3.99. The summed E-state index contributed by atoms with van der Waals surface area (Å²) >= 11 is 0. The summed E-state index contributed by atoms with van der Waals surface area (Å²) in [5.41, 5.74) is 8.03. The van der Waals surface area contributed by atoms with Gasteiger partial charge in [0.05, 0.1) is 4.90 Å². The molecule has 1 atom stereocenters. The van der Waals surface area contributed by atoms with Gasteiger partial charge in [0.25, 0.3) is 0 Å². The Morgan fingerprint density at radius 3 is 2.14 bits per heavy atom. The van der Waals surface area contributed by atoms with Crippen LogP contribution in [0, 0.1) is 6.92 Å². The molecule has 1 unspecified atom stereocenters. The van der Waals surface area contributed by atoms with Crippen molar-refractivity contribution in [2.75, 3.05) is 0 Å². The van der Waals surface area contributed by atoms with Crippen molar-refractivity contribution in [1.82, 2.24) is 0 Å². The lowest BCUT2D eigenvalue weighted by Crippen LogP contribution is -2.45. The molecule has 0 spiro atoms. The summed E-state index contributed by atoms with van der Waals surface area (Å²) in [6, 6.07) is 15.3. The summed E-state index contributed by atoms with van der Waals surface area (Å²) in [6.45, 7) is 9.33. The molecule has 0 aliphatic rings. The molecular weight excluding hydrogens is 294 g/mol. The first-order valence-corrected chi connectivity index (χ1v) is 8.30. The molecule has 2 N–H and O–H groups in total. The fourth-order valence-electron chi connectivity index (χ4n) is 2.25. The van der Waals surface area contributed by atoms with Crippen molar-refractivity contribution in [2.45, 2.75) is 16.7 Å². The first-order chi connectivity index (χ1) is 10.3. The molecule has 0 radical (unpaired) electrons. The highest BCUT2D eigenvalue weighted by Gasteiger charge is 2.44. The molecule has 22 heavy (non-hydrogen) atoms. The average Bonchev–Trinajstić information content (AvgIpc) is 2.54. The third kappa shape index (κ3) is 2.51. The van der Waals surface area contributed by atoms with Crippen molar-refractivity contribution < 1.29 is 8.42 Å². The molecule has 114 valence electrons. The summed E-state index contributed by atoms with van der Waals surface area (Å²) in [7, 11) is -3.87. The molecule has 0 fully saturated rings. The molecule has 2 aromatic carbocycles. The van der Waals surface area contributed by atoms with Crippen molar-refractivity contribution in [3.8, 4) is 0 Å². The van der Waals surface area contributed by atoms with E-state index < -0.39 is 14.7 Å². The first-order valence-electron chi connectivity index (χ1n) is 6.81. The zero-order chi connectivity index (χ0) is 16.4. The predicted molar refractivity (Wildman–Crippen MR) is 90.0 cm³/mol. The van der Waals surface area contributed by atoms with E-state index in [1.807, 2.05) is 6.92 Å². The van der Waals surface area contributed by atoms with Crippen LogP contribution in [0.3, 0.4) is 0 Å². The normalized spacial score (nSPS) is 14.1. The molecule has 0 aliphatic carbocycles. The van der Waals surface area contributed by atoms with E-state index in [9.17, 15) is 8.42 Å². The van der Waals surface area contributed by atoms with Crippen LogP contribution < -0.4 is 5.73 Å². The lowest BCUT2D eigenvalue weighted by Gasteiger charge is -2.30. The maximum absolute atomic E-state index is 13.1. The molecule has 4 heteroatoms. The van der Waals surface area contributed by atoms with Crippen LogP contribution >= 0.6 is 0 Å². The van der Waals surface area contributed by atoms with Crippen LogP contribution in [0.2, 0.25) is 0 Å². The molecule has 2 aromatic rings. The van der Waals surface area contributed by atoms with E-state index in [4.69, 9.17) is 5.73 Å². The fraction of sp³-hybridized carbons (Fsp3) is 0.111. The molecule has 0 amide bonds. The van der Waals surface area contributed by atoms with Crippen LogP contribution in [0.4, 0.5) is 0 Å². The van der Waals surface area contributed by atoms with Crippen LogP contribution in [0.5, 0.6) is 0 Å². The zero-order valence-corrected chi connectivity index (χ0v) is 13.3. The minimum Gasteiger partial charge on any atom is -0.305 e. The summed E-state index contributed by atoms with van der Waals surface area (Å²) in [6.07, 6.45) is 1.39. The molecule has 0 bridgehead atoms. The summed E-state index contributed by atoms with van der Waals surface area (Å²) in [5, 5.41) is 0. The lowest BCUT2D eigenvalue weighted by atomic mass is 10.00. The Morgan fingerprint density at radius 2 is 1.64 bits per heavy atom. The molecule has 0 aliphatic heterocycles. The third-order valence-corrected chi connectivity index (χ3v) is 5.92. The largest absolute Gasteiger partial charge is 0.305 e. The van der Waals surface area contributed by atoms with Crippen LogP contribution in [0.15, 0.2) is 84.3 Å². The maximum Gasteiger partial charge on any atom is 0.205 e. The molecule has 0 saturated carbocycles. The highest BCUT2D eigenvalue weighted by molar-refractivity contribution is 7.92. The van der Waals surface area contributed by atoms with Gasteiger partial charge in [-0.1, -0.05) is 67.3 Å². The van der Waals surface area contributed by atoms with Gasteiger partial charge < -0.3 is 5.73 Å². The molecule has 2 rings (SSSR count). The van der Waals surface area contributed by atoms with Crippen molar-refractivity contribution in [3.05, 3.63) is 90.5 Å². The number of hydrogen-bond acceptors (Lipinski definition) is 3. The Labute approximate surface area is 131 Å². The summed E-state index contributed by atoms with van der Waals surface area (Å²) in [5.74, 6) is 0. The van der Waals surface area contributed by atoms with Gasteiger partial charge in [-0.25, -0.2) is 8.42 Å². The van der Waals surface area contributed by atoms with E-state index >= 15 is 0 Å². The van der Waals surface area contributed by atoms with Crippen LogP contribution in [-0.2, 0) is 14.7 Å². The second kappa shape index (κ2) is 5.91. The second-order valence-corrected chi connectivity index (χ2v) is 7.27. The van der Waals surface area contributed by atoms with Crippen LogP contribution in [0.1, 0.15) is 11.1 Å². The quantitative estimate of drug-likeness (QED) is 0.861. The number of hydrogen-bond donors (Lipinski definition) is 1. The average molecular weight is 313 g/mol. The number of rotatable bonds is 5. The van der Waals surface area contributed by atoms with Crippen LogP contribution in [-0.4, -0.2) is 8.42 Å². The van der Waals surface area contributed by atoms with Crippen molar-refractivity contribution in [3.63, 3.8) is 0 Å². The third-order valence-electron chi connectivity index (χ3n) is 3.68. The molecule has 0 aromatic heterocycles. The number of nitrogens with two attached hydrogens (primary N) is 1. The van der Waals surface area contributed by atoms with Crippen LogP contribution in [0.25, 0.3) is 0 Å². The number of sulfone groups is 1. The van der Waals surface area contributed by atoms with E-state index in [-0.39, 0.29) is 10.5 Å². The standard InChI is InChI=1S/C18H19NO2S/c1-4-15(3)18(19,16-8-6-5-7-9-16)22(20,21)17-12-10-14(2)11-13-17/h4-13H,1,3,19H2,2H3. The van der Waals surface area contributed by atoms with Gasteiger partial charge in [-0.2, -0.15) is 0 Å². The van der Waals surface area contributed by atoms with Crippen molar-refractivity contribution in [2.24, 2.45) is 5.73 Å². The lowest BCUT2D eigenvalue weighted by molar-refractivity contribution is 0.558. The summed E-state index contributed by atoms with van der Waals surface area (Å²) in [4.78, 5) is -1.59.